The first-order valence-electron chi connectivity index (χ1n) is 8.47. The van der Waals surface area contributed by atoms with Crippen LogP contribution in [0.2, 0.25) is 0 Å². The summed E-state index contributed by atoms with van der Waals surface area (Å²) in [5.41, 5.74) is 2.19. The van der Waals surface area contributed by atoms with E-state index >= 15 is 0 Å². The number of nitrogens with zero attached hydrogens (tertiary/aromatic N) is 4. The van der Waals surface area contributed by atoms with E-state index in [4.69, 9.17) is 0 Å². The lowest BCUT2D eigenvalue weighted by atomic mass is 10.1. The van der Waals surface area contributed by atoms with Crippen molar-refractivity contribution in [3.8, 4) is 11.4 Å². The predicted molar refractivity (Wildman–Crippen MR) is 99.5 cm³/mol. The lowest BCUT2D eigenvalue weighted by Gasteiger charge is -2.26. The molecule has 10 heteroatoms. The highest BCUT2D eigenvalue weighted by molar-refractivity contribution is 6.08. The molecule has 1 saturated heterocycles. The maximum Gasteiger partial charge on any atom is 0.328 e. The summed E-state index contributed by atoms with van der Waals surface area (Å²) in [6.07, 6.45) is 0.213. The van der Waals surface area contributed by atoms with Gasteiger partial charge in [0.2, 0.25) is 11.7 Å². The number of carbonyl (C=O) groups is 3. The monoisotopic (exact) mass is 377 g/mol. The van der Waals surface area contributed by atoms with E-state index in [2.05, 4.69) is 31.3 Å². The molecule has 10 nitrogen and oxygen atoms in total. The smallest absolute Gasteiger partial charge is 0.322 e. The minimum atomic E-state index is -0.498. The Bertz CT molecular complexity index is 1050. The zero-order valence-electron chi connectivity index (χ0n) is 14.5. The van der Waals surface area contributed by atoms with Gasteiger partial charge in [-0.1, -0.05) is 18.2 Å². The van der Waals surface area contributed by atoms with Gasteiger partial charge in [-0.05, 0) is 35.5 Å². The van der Waals surface area contributed by atoms with E-state index in [1.807, 2.05) is 0 Å². The maximum absolute atomic E-state index is 12.6. The highest BCUT2D eigenvalue weighted by atomic mass is 16.2. The summed E-state index contributed by atoms with van der Waals surface area (Å²) < 4.78 is 0. The predicted octanol–water partition coefficient (Wildman–Crippen LogP) is 1.57. The summed E-state index contributed by atoms with van der Waals surface area (Å²) in [5.74, 6) is -0.221. The molecule has 0 aliphatic carbocycles. The Kier molecular flexibility index (Phi) is 4.50. The van der Waals surface area contributed by atoms with Crippen LogP contribution >= 0.6 is 0 Å². The van der Waals surface area contributed by atoms with Crippen LogP contribution in [0, 0.1) is 0 Å². The minimum Gasteiger partial charge on any atom is -0.322 e. The number of aromatic nitrogens is 4. The molecule has 1 aromatic heterocycles. The molecule has 1 aliphatic heterocycles. The minimum absolute atomic E-state index is 0.213. The van der Waals surface area contributed by atoms with E-state index in [0.29, 0.717) is 28.3 Å². The molecule has 3 N–H and O–H groups in total. The van der Waals surface area contributed by atoms with Crippen molar-refractivity contribution >= 4 is 29.2 Å². The fourth-order valence-corrected chi connectivity index (χ4v) is 2.85. The summed E-state index contributed by atoms with van der Waals surface area (Å²) in [4.78, 5) is 37.4. The van der Waals surface area contributed by atoms with Gasteiger partial charge in [0.1, 0.15) is 0 Å². The SMILES string of the molecule is O=C1CCN(c2cccc(C(=O)Nc3cccc(-c4nn[nH]n4)c3)c2)C(=O)N1. The molecule has 2 aromatic carbocycles. The third-order valence-electron chi connectivity index (χ3n) is 4.20. The van der Waals surface area contributed by atoms with Gasteiger partial charge in [-0.3, -0.25) is 19.8 Å². The number of nitrogens with one attached hydrogen (secondary N) is 3. The average molecular weight is 377 g/mol. The van der Waals surface area contributed by atoms with Crippen molar-refractivity contribution in [1.82, 2.24) is 25.9 Å². The highest BCUT2D eigenvalue weighted by Crippen LogP contribution is 2.21. The normalized spacial score (nSPS) is 13.9. The molecular weight excluding hydrogens is 362 g/mol. The van der Waals surface area contributed by atoms with Crippen LogP contribution in [0.4, 0.5) is 16.2 Å². The van der Waals surface area contributed by atoms with Crippen molar-refractivity contribution < 1.29 is 14.4 Å². The maximum atomic E-state index is 12.6. The van der Waals surface area contributed by atoms with Crippen molar-refractivity contribution in [1.29, 1.82) is 0 Å². The summed E-state index contributed by atoms with van der Waals surface area (Å²) in [6.45, 7) is 0.266. The number of H-pyrrole nitrogens is 1. The Labute approximate surface area is 158 Å². The topological polar surface area (TPSA) is 133 Å². The van der Waals surface area contributed by atoms with Crippen molar-refractivity contribution in [3.05, 3.63) is 54.1 Å². The Hall–Kier alpha value is -4.08. The standard InChI is InChI=1S/C18H15N7O3/c26-15-7-8-25(18(28)20-15)14-6-2-4-12(10-14)17(27)19-13-5-1-3-11(9-13)16-21-23-24-22-16/h1-6,9-10H,7-8H2,(H,19,27)(H,20,26,28)(H,21,22,23,24). The van der Waals surface area contributed by atoms with Gasteiger partial charge in [-0.25, -0.2) is 4.79 Å². The number of aromatic amines is 1. The van der Waals surface area contributed by atoms with E-state index < -0.39 is 6.03 Å². The summed E-state index contributed by atoms with van der Waals surface area (Å²) in [5, 5.41) is 18.8. The Morgan fingerprint density at radius 3 is 2.75 bits per heavy atom. The first-order valence-corrected chi connectivity index (χ1v) is 8.47. The number of amides is 4. The van der Waals surface area contributed by atoms with Crippen LogP contribution in [0.25, 0.3) is 11.4 Å². The van der Waals surface area contributed by atoms with Gasteiger partial charge in [0.25, 0.3) is 5.91 Å². The molecule has 4 rings (SSSR count). The van der Waals surface area contributed by atoms with E-state index in [0.717, 1.165) is 0 Å². The van der Waals surface area contributed by atoms with Crippen LogP contribution in [0.1, 0.15) is 16.8 Å². The van der Waals surface area contributed by atoms with Crippen molar-refractivity contribution in [3.63, 3.8) is 0 Å². The number of hydrogen-bond donors (Lipinski definition) is 3. The van der Waals surface area contributed by atoms with Crippen LogP contribution in [-0.2, 0) is 4.79 Å². The molecule has 0 spiro atoms. The molecule has 4 amide bonds. The van der Waals surface area contributed by atoms with Crippen molar-refractivity contribution in [2.75, 3.05) is 16.8 Å². The van der Waals surface area contributed by atoms with Crippen LogP contribution in [-0.4, -0.2) is 45.0 Å². The molecule has 0 saturated carbocycles. The van der Waals surface area contributed by atoms with Gasteiger partial charge in [0, 0.05) is 35.5 Å². The van der Waals surface area contributed by atoms with Crippen LogP contribution in [0.15, 0.2) is 48.5 Å². The lowest BCUT2D eigenvalue weighted by molar-refractivity contribution is -0.120. The molecule has 3 aromatic rings. The van der Waals surface area contributed by atoms with Gasteiger partial charge in [-0.15, -0.1) is 10.2 Å². The number of rotatable bonds is 4. The van der Waals surface area contributed by atoms with Gasteiger partial charge in [0.15, 0.2) is 0 Å². The summed E-state index contributed by atoms with van der Waals surface area (Å²) in [7, 11) is 0. The second kappa shape index (κ2) is 7.27. The summed E-state index contributed by atoms with van der Waals surface area (Å²) >= 11 is 0. The molecular formula is C18H15N7O3. The van der Waals surface area contributed by atoms with E-state index in [1.165, 1.54) is 4.90 Å². The number of anilines is 2. The molecule has 0 atom stereocenters. The van der Waals surface area contributed by atoms with E-state index in [9.17, 15) is 14.4 Å². The number of imide groups is 1. The van der Waals surface area contributed by atoms with Gasteiger partial charge < -0.3 is 5.32 Å². The number of tetrazole rings is 1. The van der Waals surface area contributed by atoms with Gasteiger partial charge >= 0.3 is 6.03 Å². The Morgan fingerprint density at radius 1 is 1.11 bits per heavy atom. The zero-order chi connectivity index (χ0) is 19.5. The number of benzene rings is 2. The van der Waals surface area contributed by atoms with Crippen LogP contribution in [0.3, 0.4) is 0 Å². The average Bonchev–Trinajstić information content (AvgIpc) is 3.23. The molecule has 0 unspecified atom stereocenters. The fraction of sp³-hybridized carbons (Fsp3) is 0.111. The fourth-order valence-electron chi connectivity index (χ4n) is 2.85. The van der Waals surface area contributed by atoms with Crippen LogP contribution < -0.4 is 15.5 Å². The van der Waals surface area contributed by atoms with Crippen molar-refractivity contribution in [2.45, 2.75) is 6.42 Å². The molecule has 0 bridgehead atoms. The van der Waals surface area contributed by atoms with E-state index in [-0.39, 0.29) is 24.8 Å². The highest BCUT2D eigenvalue weighted by Gasteiger charge is 2.24. The second-order valence-electron chi connectivity index (χ2n) is 6.08. The molecule has 1 fully saturated rings. The molecule has 1 aliphatic rings. The number of carbonyl (C=O) groups excluding carboxylic acids is 3. The van der Waals surface area contributed by atoms with Crippen LogP contribution in [0.5, 0.6) is 0 Å². The van der Waals surface area contributed by atoms with Gasteiger partial charge in [0.05, 0.1) is 0 Å². The quantitative estimate of drug-likeness (QED) is 0.632. The first-order chi connectivity index (χ1) is 13.6. The Morgan fingerprint density at radius 2 is 1.96 bits per heavy atom. The lowest BCUT2D eigenvalue weighted by Crippen LogP contribution is -2.49. The third-order valence-corrected chi connectivity index (χ3v) is 4.20. The van der Waals surface area contributed by atoms with Crippen molar-refractivity contribution in [2.24, 2.45) is 0 Å². The molecule has 2 heterocycles. The first kappa shape index (κ1) is 17.3. The molecule has 0 radical (unpaired) electrons. The molecule has 28 heavy (non-hydrogen) atoms. The second-order valence-corrected chi connectivity index (χ2v) is 6.08. The van der Waals surface area contributed by atoms with Gasteiger partial charge in [-0.2, -0.15) is 5.21 Å². The van der Waals surface area contributed by atoms with E-state index in [1.54, 1.807) is 48.5 Å². The molecule has 140 valence electrons. The number of urea groups is 1. The zero-order valence-corrected chi connectivity index (χ0v) is 14.5. The number of hydrogen-bond acceptors (Lipinski definition) is 6. The third kappa shape index (κ3) is 3.56. The largest absolute Gasteiger partial charge is 0.328 e. The Balaban J connectivity index is 1.52. The summed E-state index contributed by atoms with van der Waals surface area (Å²) in [6, 6.07) is 13.2.